The van der Waals surface area contributed by atoms with E-state index < -0.39 is 34.0 Å². The normalized spacial score (nSPS) is 11.1. The number of esters is 1. The third-order valence-electron chi connectivity index (χ3n) is 4.53. The van der Waals surface area contributed by atoms with Gasteiger partial charge in [-0.05, 0) is 30.8 Å². The number of ether oxygens (including phenoxy) is 1. The number of thiocarbonyl (C=S) groups is 1. The molecule has 2 N–H and O–H groups in total. The van der Waals surface area contributed by atoms with Crippen molar-refractivity contribution in [2.75, 3.05) is 17.7 Å². The van der Waals surface area contributed by atoms with Gasteiger partial charge in [0.2, 0.25) is 0 Å². The number of halogens is 3. The molecule has 7 nitrogen and oxygen atoms in total. The van der Waals surface area contributed by atoms with Gasteiger partial charge in [-0.1, -0.05) is 30.3 Å². The number of non-ortho nitro benzene ring substituents is 1. The number of anilines is 2. The Morgan fingerprint density at radius 1 is 1.15 bits per heavy atom. The molecule has 0 unspecified atom stereocenters. The zero-order chi connectivity index (χ0) is 24.3. The summed E-state index contributed by atoms with van der Waals surface area (Å²) in [4.78, 5) is 23.3. The van der Waals surface area contributed by atoms with E-state index in [0.29, 0.717) is 11.6 Å². The Kier molecular flexibility index (Phi) is 6.98. The summed E-state index contributed by atoms with van der Waals surface area (Å²) in [5.41, 5.74) is -0.864. The molecule has 0 saturated heterocycles. The first-order valence-corrected chi connectivity index (χ1v) is 10.5. The molecule has 0 atom stereocenters. The van der Waals surface area contributed by atoms with Crippen LogP contribution in [0.1, 0.15) is 20.8 Å². The number of hydrogen-bond donors (Lipinski definition) is 2. The van der Waals surface area contributed by atoms with Crippen LogP contribution in [0.2, 0.25) is 0 Å². The number of carbonyl (C=O) groups is 1. The molecule has 2 aromatic carbocycles. The van der Waals surface area contributed by atoms with Crippen molar-refractivity contribution in [2.24, 2.45) is 0 Å². The SMILES string of the molecule is COC(=O)c1c(NC(=S)Nc2ccc([N+](=O)[O-])cc2C(F)(F)F)sc(C)c1-c1ccccc1. The number of aryl methyl sites for hydroxylation is 1. The van der Waals surface area contributed by atoms with Crippen LogP contribution in [0.3, 0.4) is 0 Å². The third kappa shape index (κ3) is 5.29. The molecule has 0 amide bonds. The van der Waals surface area contributed by atoms with Crippen LogP contribution in [0, 0.1) is 17.0 Å². The third-order valence-corrected chi connectivity index (χ3v) is 5.76. The van der Waals surface area contributed by atoms with Crippen molar-refractivity contribution in [3.8, 4) is 11.1 Å². The number of methoxy groups -OCH3 is 1. The van der Waals surface area contributed by atoms with Gasteiger partial charge in [-0.25, -0.2) is 4.79 Å². The molecule has 33 heavy (non-hydrogen) atoms. The number of nitro benzene ring substituents is 1. The molecule has 0 saturated carbocycles. The maximum atomic E-state index is 13.4. The van der Waals surface area contributed by atoms with Crippen molar-refractivity contribution in [3.05, 3.63) is 74.6 Å². The van der Waals surface area contributed by atoms with Crippen molar-refractivity contribution >= 4 is 51.0 Å². The highest BCUT2D eigenvalue weighted by Gasteiger charge is 2.35. The van der Waals surface area contributed by atoms with E-state index in [2.05, 4.69) is 10.6 Å². The summed E-state index contributed by atoms with van der Waals surface area (Å²) in [5, 5.41) is 16.1. The molecule has 0 aliphatic rings. The van der Waals surface area contributed by atoms with Crippen molar-refractivity contribution in [2.45, 2.75) is 13.1 Å². The first-order valence-electron chi connectivity index (χ1n) is 9.23. The quantitative estimate of drug-likeness (QED) is 0.187. The minimum absolute atomic E-state index is 0.190. The fourth-order valence-electron chi connectivity index (χ4n) is 3.13. The topological polar surface area (TPSA) is 93.5 Å². The minimum atomic E-state index is -4.86. The lowest BCUT2D eigenvalue weighted by atomic mass is 10.0. The average molecular weight is 496 g/mol. The van der Waals surface area contributed by atoms with Crippen LogP contribution in [0.4, 0.5) is 29.5 Å². The van der Waals surface area contributed by atoms with Gasteiger partial charge in [-0.3, -0.25) is 10.1 Å². The predicted octanol–water partition coefficient (Wildman–Crippen LogP) is 6.25. The maximum absolute atomic E-state index is 13.4. The van der Waals surface area contributed by atoms with Crippen LogP contribution in [0.5, 0.6) is 0 Å². The second-order valence-electron chi connectivity index (χ2n) is 6.66. The van der Waals surface area contributed by atoms with E-state index in [1.54, 1.807) is 19.1 Å². The molecule has 0 fully saturated rings. The van der Waals surface area contributed by atoms with Crippen molar-refractivity contribution in [1.82, 2.24) is 0 Å². The average Bonchev–Trinajstić information content (AvgIpc) is 3.08. The zero-order valence-electron chi connectivity index (χ0n) is 17.1. The van der Waals surface area contributed by atoms with E-state index >= 15 is 0 Å². The van der Waals surface area contributed by atoms with E-state index in [1.807, 2.05) is 18.2 Å². The van der Waals surface area contributed by atoms with Crippen LogP contribution < -0.4 is 10.6 Å². The fraction of sp³-hybridized carbons (Fsp3) is 0.143. The zero-order valence-corrected chi connectivity index (χ0v) is 18.8. The summed E-state index contributed by atoms with van der Waals surface area (Å²) in [5.74, 6) is -0.644. The number of nitrogens with one attached hydrogen (secondary N) is 2. The molecular weight excluding hydrogens is 479 g/mol. The predicted molar refractivity (Wildman–Crippen MR) is 124 cm³/mol. The fourth-order valence-corrected chi connectivity index (χ4v) is 4.47. The van der Waals surface area contributed by atoms with Gasteiger partial charge in [0.15, 0.2) is 5.11 Å². The van der Waals surface area contributed by atoms with Gasteiger partial charge in [0.25, 0.3) is 5.69 Å². The molecule has 0 aliphatic heterocycles. The monoisotopic (exact) mass is 495 g/mol. The van der Waals surface area contributed by atoms with Gasteiger partial charge >= 0.3 is 12.1 Å². The molecule has 3 rings (SSSR count). The van der Waals surface area contributed by atoms with Crippen molar-refractivity contribution < 1.29 is 27.6 Å². The van der Waals surface area contributed by atoms with E-state index in [9.17, 15) is 28.1 Å². The number of alkyl halides is 3. The van der Waals surface area contributed by atoms with Gasteiger partial charge < -0.3 is 15.4 Å². The number of benzene rings is 2. The largest absolute Gasteiger partial charge is 0.465 e. The molecular formula is C21H16F3N3O4S2. The van der Waals surface area contributed by atoms with Crippen molar-refractivity contribution in [3.63, 3.8) is 0 Å². The molecule has 3 aromatic rings. The molecule has 0 bridgehead atoms. The number of nitro groups is 1. The Bertz CT molecular complexity index is 1230. The summed E-state index contributed by atoms with van der Waals surface area (Å²) in [6, 6.07) is 11.3. The standard InChI is InChI=1S/C21H16F3N3O4S2/c1-11-16(12-6-4-3-5-7-12)17(19(28)31-2)18(33-11)26-20(32)25-15-9-8-13(27(29)30)10-14(15)21(22,23)24/h3-10H,1-2H3,(H2,25,26,32). The van der Waals surface area contributed by atoms with Crippen molar-refractivity contribution in [1.29, 1.82) is 0 Å². The van der Waals surface area contributed by atoms with Crippen LogP contribution >= 0.6 is 23.6 Å². The summed E-state index contributed by atoms with van der Waals surface area (Å²) >= 11 is 6.35. The molecule has 12 heteroatoms. The summed E-state index contributed by atoms with van der Waals surface area (Å²) < 4.78 is 45.2. The molecule has 172 valence electrons. The molecule has 0 spiro atoms. The van der Waals surface area contributed by atoms with Gasteiger partial charge in [0.05, 0.1) is 23.3 Å². The van der Waals surface area contributed by atoms with E-state index in [0.717, 1.165) is 22.6 Å². The summed E-state index contributed by atoms with van der Waals surface area (Å²) in [7, 11) is 1.22. The minimum Gasteiger partial charge on any atom is -0.465 e. The van der Waals surface area contributed by atoms with Gasteiger partial charge in [-0.15, -0.1) is 11.3 Å². The van der Waals surface area contributed by atoms with Crippen LogP contribution in [0.15, 0.2) is 48.5 Å². The van der Waals surface area contributed by atoms with Gasteiger partial charge in [0.1, 0.15) is 10.6 Å². The molecule has 1 aromatic heterocycles. The summed E-state index contributed by atoms with van der Waals surface area (Å²) in [6.45, 7) is 1.79. The highest BCUT2D eigenvalue weighted by Crippen LogP contribution is 2.41. The lowest BCUT2D eigenvalue weighted by Gasteiger charge is -2.16. The van der Waals surface area contributed by atoms with Crippen LogP contribution in [0.25, 0.3) is 11.1 Å². The van der Waals surface area contributed by atoms with E-state index in [1.165, 1.54) is 18.4 Å². The number of rotatable bonds is 5. The van der Waals surface area contributed by atoms with Crippen LogP contribution in [-0.2, 0) is 10.9 Å². The Morgan fingerprint density at radius 2 is 1.82 bits per heavy atom. The Hall–Kier alpha value is -3.51. The lowest BCUT2D eigenvalue weighted by Crippen LogP contribution is -2.22. The first kappa shape index (κ1) is 24.1. The van der Waals surface area contributed by atoms with E-state index in [4.69, 9.17) is 17.0 Å². The highest BCUT2D eigenvalue weighted by molar-refractivity contribution is 7.80. The molecule has 0 radical (unpaired) electrons. The number of carbonyl (C=O) groups excluding carboxylic acids is 1. The Balaban J connectivity index is 1.96. The Morgan fingerprint density at radius 3 is 2.39 bits per heavy atom. The molecule has 1 heterocycles. The Labute approximate surface area is 195 Å². The van der Waals surface area contributed by atoms with Gasteiger partial charge in [-0.2, -0.15) is 13.2 Å². The molecule has 0 aliphatic carbocycles. The number of nitrogens with zero attached hydrogens (tertiary/aromatic N) is 1. The smallest absolute Gasteiger partial charge is 0.418 e. The lowest BCUT2D eigenvalue weighted by molar-refractivity contribution is -0.385. The van der Waals surface area contributed by atoms with Crippen LogP contribution in [-0.4, -0.2) is 23.1 Å². The first-order chi connectivity index (χ1) is 15.5. The second-order valence-corrected chi connectivity index (χ2v) is 8.29. The number of hydrogen-bond acceptors (Lipinski definition) is 6. The number of thiophene rings is 1. The maximum Gasteiger partial charge on any atom is 0.418 e. The summed E-state index contributed by atoms with van der Waals surface area (Å²) in [6.07, 6.45) is -4.86. The highest BCUT2D eigenvalue weighted by atomic mass is 32.1. The van der Waals surface area contributed by atoms with Gasteiger partial charge in [0, 0.05) is 22.6 Å². The van der Waals surface area contributed by atoms with E-state index in [-0.39, 0.29) is 15.7 Å². The second kappa shape index (κ2) is 9.55.